The van der Waals surface area contributed by atoms with E-state index in [4.69, 9.17) is 14.6 Å². The fourth-order valence-corrected chi connectivity index (χ4v) is 4.07. The van der Waals surface area contributed by atoms with Crippen molar-refractivity contribution >= 4 is 0 Å². The highest BCUT2D eigenvalue weighted by Crippen LogP contribution is 2.36. The second-order valence-corrected chi connectivity index (χ2v) is 10.4. The minimum atomic E-state index is -0.624. The van der Waals surface area contributed by atoms with Crippen molar-refractivity contribution < 1.29 is 19.0 Å². The highest BCUT2D eigenvalue weighted by molar-refractivity contribution is 5.65. The van der Waals surface area contributed by atoms with E-state index in [0.717, 1.165) is 23.4 Å². The van der Waals surface area contributed by atoms with Crippen molar-refractivity contribution in [3.05, 3.63) is 66.0 Å². The van der Waals surface area contributed by atoms with Crippen molar-refractivity contribution in [2.45, 2.75) is 51.9 Å². The number of halogens is 1. The van der Waals surface area contributed by atoms with Crippen LogP contribution >= 0.6 is 0 Å². The van der Waals surface area contributed by atoms with Crippen LogP contribution in [0, 0.1) is 11.7 Å². The Morgan fingerprint density at radius 1 is 1.11 bits per heavy atom. The van der Waals surface area contributed by atoms with Crippen LogP contribution in [0.15, 0.2) is 54.6 Å². The number of nitrogens with zero attached hydrogens (tertiary/aromatic N) is 3. The maximum atomic E-state index is 14.5. The molecule has 0 aliphatic heterocycles. The molecule has 0 unspecified atom stereocenters. The lowest BCUT2D eigenvalue weighted by molar-refractivity contribution is -0.0569. The van der Waals surface area contributed by atoms with E-state index in [0.29, 0.717) is 24.9 Å². The van der Waals surface area contributed by atoms with Crippen molar-refractivity contribution in [1.82, 2.24) is 14.7 Å². The van der Waals surface area contributed by atoms with Gasteiger partial charge < -0.3 is 14.6 Å². The summed E-state index contributed by atoms with van der Waals surface area (Å²) in [5, 5.41) is 15.5. The third-order valence-electron chi connectivity index (χ3n) is 5.95. The van der Waals surface area contributed by atoms with E-state index < -0.39 is 11.9 Å². The van der Waals surface area contributed by atoms with Gasteiger partial charge in [0.25, 0.3) is 0 Å². The summed E-state index contributed by atoms with van der Waals surface area (Å²) >= 11 is 0. The van der Waals surface area contributed by atoms with E-state index in [2.05, 4.69) is 4.90 Å². The summed E-state index contributed by atoms with van der Waals surface area (Å²) in [6.45, 7) is 8.07. The van der Waals surface area contributed by atoms with Gasteiger partial charge in [-0.2, -0.15) is 5.10 Å². The van der Waals surface area contributed by atoms with Crippen LogP contribution in [-0.4, -0.2) is 51.2 Å². The van der Waals surface area contributed by atoms with Crippen molar-refractivity contribution in [1.29, 1.82) is 0 Å². The van der Waals surface area contributed by atoms with Gasteiger partial charge in [-0.3, -0.25) is 4.90 Å². The predicted molar refractivity (Wildman–Crippen MR) is 135 cm³/mol. The molecule has 1 saturated carbocycles. The smallest absolute Gasteiger partial charge is 0.222 e. The number of rotatable bonds is 11. The Hall–Kier alpha value is -2.74. The van der Waals surface area contributed by atoms with Gasteiger partial charge >= 0.3 is 0 Å². The normalized spacial score (nSPS) is 14.9. The molecule has 1 heterocycles. The molecule has 1 aliphatic carbocycles. The van der Waals surface area contributed by atoms with Crippen molar-refractivity contribution in [3.63, 3.8) is 0 Å². The molecule has 1 aliphatic rings. The maximum absolute atomic E-state index is 14.5. The standard InChI is InChI=1S/C28H36FN3O3/c1-28(2,3)34-19-22(33)17-32(16-20-14-15-20)18-23-26(21-10-6-5-7-11-21)30-31(4)27(23)35-25-13-9-8-12-24(25)29/h5-13,20,22,33H,14-19H2,1-4H3/t22-/m1/s1. The summed E-state index contributed by atoms with van der Waals surface area (Å²) in [7, 11) is 1.81. The maximum Gasteiger partial charge on any atom is 0.222 e. The molecule has 1 aromatic heterocycles. The first-order valence-electron chi connectivity index (χ1n) is 12.3. The molecule has 6 nitrogen and oxygen atoms in total. The van der Waals surface area contributed by atoms with E-state index in [-0.39, 0.29) is 18.0 Å². The molecule has 188 valence electrons. The number of benzene rings is 2. The van der Waals surface area contributed by atoms with Crippen LogP contribution in [0.5, 0.6) is 11.6 Å². The van der Waals surface area contributed by atoms with E-state index in [1.165, 1.54) is 18.9 Å². The molecule has 4 rings (SSSR count). The molecule has 0 bridgehead atoms. The Kier molecular flexibility index (Phi) is 7.89. The molecular weight excluding hydrogens is 445 g/mol. The third kappa shape index (κ3) is 7.13. The van der Waals surface area contributed by atoms with Crippen LogP contribution in [-0.2, 0) is 18.3 Å². The molecule has 2 aromatic carbocycles. The van der Waals surface area contributed by atoms with Gasteiger partial charge in [0, 0.05) is 32.2 Å². The number of hydrogen-bond acceptors (Lipinski definition) is 5. The molecule has 1 fully saturated rings. The highest BCUT2D eigenvalue weighted by Gasteiger charge is 2.29. The quantitative estimate of drug-likeness (QED) is 0.397. The second kappa shape index (κ2) is 10.9. The van der Waals surface area contributed by atoms with E-state index in [1.54, 1.807) is 22.9 Å². The Bertz CT molecular complexity index is 1110. The number of para-hydroxylation sites is 1. The Morgan fingerprint density at radius 3 is 2.46 bits per heavy atom. The number of hydrogen-bond donors (Lipinski definition) is 1. The zero-order valence-electron chi connectivity index (χ0n) is 21.1. The number of ether oxygens (including phenoxy) is 2. The first kappa shape index (κ1) is 25.4. The lowest BCUT2D eigenvalue weighted by Gasteiger charge is -2.27. The summed E-state index contributed by atoms with van der Waals surface area (Å²) in [5.41, 5.74) is 2.31. The summed E-state index contributed by atoms with van der Waals surface area (Å²) in [6.07, 6.45) is 1.77. The van der Waals surface area contributed by atoms with Gasteiger partial charge in [-0.05, 0) is 51.7 Å². The molecule has 35 heavy (non-hydrogen) atoms. The predicted octanol–water partition coefficient (Wildman–Crippen LogP) is 5.41. The fourth-order valence-electron chi connectivity index (χ4n) is 4.07. The van der Waals surface area contributed by atoms with E-state index in [1.807, 2.05) is 58.2 Å². The molecule has 0 radical (unpaired) electrons. The van der Waals surface area contributed by atoms with Gasteiger partial charge in [-0.15, -0.1) is 0 Å². The van der Waals surface area contributed by atoms with Crippen molar-refractivity contribution in [3.8, 4) is 22.9 Å². The lowest BCUT2D eigenvalue weighted by atomic mass is 10.1. The van der Waals surface area contributed by atoms with Crippen molar-refractivity contribution in [2.75, 3.05) is 19.7 Å². The average molecular weight is 482 g/mol. The fraction of sp³-hybridized carbons (Fsp3) is 0.464. The number of aryl methyl sites for hydroxylation is 1. The highest BCUT2D eigenvalue weighted by atomic mass is 19.1. The first-order chi connectivity index (χ1) is 16.7. The summed E-state index contributed by atoms with van der Waals surface area (Å²) in [4.78, 5) is 2.24. The molecule has 0 amide bonds. The van der Waals surface area contributed by atoms with Gasteiger partial charge in [0.05, 0.1) is 23.9 Å². The minimum absolute atomic E-state index is 0.156. The first-order valence-corrected chi connectivity index (χ1v) is 12.3. The average Bonchev–Trinajstić information content (AvgIpc) is 3.58. The zero-order valence-corrected chi connectivity index (χ0v) is 21.1. The van der Waals surface area contributed by atoms with Crippen LogP contribution < -0.4 is 4.74 Å². The lowest BCUT2D eigenvalue weighted by Crippen LogP contribution is -2.37. The minimum Gasteiger partial charge on any atom is -0.436 e. The van der Waals surface area contributed by atoms with Crippen molar-refractivity contribution in [2.24, 2.45) is 13.0 Å². The molecule has 3 aromatic rings. The SMILES string of the molecule is Cn1nc(-c2ccccc2)c(CN(CC2CC2)C[C@@H](O)COC(C)(C)C)c1Oc1ccccc1F. The van der Waals surface area contributed by atoms with E-state index in [9.17, 15) is 9.50 Å². The van der Waals surface area contributed by atoms with Gasteiger partial charge in [0.1, 0.15) is 5.69 Å². The van der Waals surface area contributed by atoms with Gasteiger partial charge in [0.15, 0.2) is 11.6 Å². The molecule has 7 heteroatoms. The number of aliphatic hydroxyl groups excluding tert-OH is 1. The molecular formula is C28H36FN3O3. The largest absolute Gasteiger partial charge is 0.436 e. The van der Waals surface area contributed by atoms with Crippen LogP contribution in [0.1, 0.15) is 39.2 Å². The van der Waals surface area contributed by atoms with Gasteiger partial charge in [-0.1, -0.05) is 42.5 Å². The molecule has 0 spiro atoms. The number of aliphatic hydroxyl groups is 1. The van der Waals surface area contributed by atoms with Gasteiger partial charge in [0.2, 0.25) is 5.88 Å². The molecule has 0 saturated heterocycles. The zero-order chi connectivity index (χ0) is 25.0. The van der Waals surface area contributed by atoms with E-state index >= 15 is 0 Å². The Morgan fingerprint density at radius 2 is 1.80 bits per heavy atom. The Labute approximate surface area is 207 Å². The van der Waals surface area contributed by atoms with Crippen LogP contribution in [0.2, 0.25) is 0 Å². The third-order valence-corrected chi connectivity index (χ3v) is 5.95. The van der Waals surface area contributed by atoms with Crippen LogP contribution in [0.3, 0.4) is 0 Å². The Balaban J connectivity index is 1.64. The summed E-state index contributed by atoms with van der Waals surface area (Å²) in [5.74, 6) is 0.850. The molecule has 1 N–H and O–H groups in total. The monoisotopic (exact) mass is 481 g/mol. The van der Waals surface area contributed by atoms with Crippen LogP contribution in [0.25, 0.3) is 11.3 Å². The van der Waals surface area contributed by atoms with Crippen LogP contribution in [0.4, 0.5) is 4.39 Å². The topological polar surface area (TPSA) is 59.8 Å². The molecule has 1 atom stereocenters. The second-order valence-electron chi connectivity index (χ2n) is 10.4. The number of aromatic nitrogens is 2. The summed E-state index contributed by atoms with van der Waals surface area (Å²) < 4.78 is 28.0. The summed E-state index contributed by atoms with van der Waals surface area (Å²) in [6, 6.07) is 16.3. The van der Waals surface area contributed by atoms with Gasteiger partial charge in [-0.25, -0.2) is 9.07 Å².